The van der Waals surface area contributed by atoms with Crippen LogP contribution >= 0.6 is 11.6 Å². The second kappa shape index (κ2) is 4.56. The Kier molecular flexibility index (Phi) is 2.97. The molecular weight excluding hydrogens is 292 g/mol. The summed E-state index contributed by atoms with van der Waals surface area (Å²) in [5.41, 5.74) is 0.0311. The average molecular weight is 300 g/mol. The van der Waals surface area contributed by atoms with Crippen molar-refractivity contribution in [3.8, 4) is 11.5 Å². The van der Waals surface area contributed by atoms with E-state index in [1.165, 1.54) is 0 Å². The molecular formula is C13H8ClF2NO3. The van der Waals surface area contributed by atoms with Gasteiger partial charge in [-0.25, -0.2) is 18.6 Å². The van der Waals surface area contributed by atoms with Crippen LogP contribution in [0.2, 0.25) is 5.02 Å². The molecule has 2 aromatic rings. The van der Waals surface area contributed by atoms with E-state index in [9.17, 15) is 13.6 Å². The van der Waals surface area contributed by atoms with Crippen molar-refractivity contribution in [2.45, 2.75) is 18.8 Å². The molecule has 1 aliphatic rings. The first kappa shape index (κ1) is 13.1. The van der Waals surface area contributed by atoms with Crippen molar-refractivity contribution in [2.24, 2.45) is 0 Å². The van der Waals surface area contributed by atoms with Gasteiger partial charge in [-0.1, -0.05) is 11.6 Å². The second-order valence-corrected chi connectivity index (χ2v) is 4.97. The van der Waals surface area contributed by atoms with Crippen molar-refractivity contribution >= 4 is 17.6 Å². The summed E-state index contributed by atoms with van der Waals surface area (Å²) in [6, 6.07) is 1.64. The SMILES string of the molecule is O=C(O)c1oc(-c2cc(F)c(Cl)cc2F)nc1C1CC1. The van der Waals surface area contributed by atoms with Gasteiger partial charge in [0.05, 0.1) is 16.3 Å². The quantitative estimate of drug-likeness (QED) is 0.874. The maximum atomic E-state index is 13.8. The Balaban J connectivity index is 2.13. The Morgan fingerprint density at radius 2 is 2.05 bits per heavy atom. The number of halogens is 3. The van der Waals surface area contributed by atoms with Gasteiger partial charge in [-0.15, -0.1) is 0 Å². The zero-order valence-corrected chi connectivity index (χ0v) is 10.7. The van der Waals surface area contributed by atoms with Crippen molar-refractivity contribution in [3.63, 3.8) is 0 Å². The Hall–Kier alpha value is -1.95. The molecule has 104 valence electrons. The fraction of sp³-hybridized carbons (Fsp3) is 0.231. The maximum Gasteiger partial charge on any atom is 0.373 e. The Morgan fingerprint density at radius 1 is 1.35 bits per heavy atom. The van der Waals surface area contributed by atoms with Crippen LogP contribution in [0.3, 0.4) is 0 Å². The standard InChI is InChI=1S/C13H8ClF2NO3/c14-7-4-8(15)6(3-9(7)16)12-17-10(5-1-2-5)11(20-12)13(18)19/h3-5H,1-2H2,(H,18,19). The molecule has 0 spiro atoms. The first-order chi connectivity index (χ1) is 9.47. The van der Waals surface area contributed by atoms with E-state index in [4.69, 9.17) is 21.1 Å². The molecule has 1 N–H and O–H groups in total. The summed E-state index contributed by atoms with van der Waals surface area (Å²) in [5, 5.41) is 8.69. The van der Waals surface area contributed by atoms with Gasteiger partial charge in [-0.05, 0) is 25.0 Å². The highest BCUT2D eigenvalue weighted by Crippen LogP contribution is 2.42. The number of rotatable bonds is 3. The third kappa shape index (κ3) is 2.16. The first-order valence-corrected chi connectivity index (χ1v) is 6.24. The zero-order chi connectivity index (χ0) is 14.4. The van der Waals surface area contributed by atoms with Gasteiger partial charge < -0.3 is 9.52 Å². The van der Waals surface area contributed by atoms with E-state index in [1.54, 1.807) is 0 Å². The summed E-state index contributed by atoms with van der Waals surface area (Å²) >= 11 is 5.46. The lowest BCUT2D eigenvalue weighted by Crippen LogP contribution is -1.98. The maximum absolute atomic E-state index is 13.8. The summed E-state index contributed by atoms with van der Waals surface area (Å²) in [4.78, 5) is 15.1. The lowest BCUT2D eigenvalue weighted by molar-refractivity contribution is 0.0661. The third-order valence-electron chi connectivity index (χ3n) is 3.05. The summed E-state index contributed by atoms with van der Waals surface area (Å²) in [6.07, 6.45) is 1.62. The first-order valence-electron chi connectivity index (χ1n) is 5.86. The Labute approximate surface area is 117 Å². The molecule has 0 aliphatic heterocycles. The number of hydrogen-bond acceptors (Lipinski definition) is 3. The van der Waals surface area contributed by atoms with Gasteiger partial charge in [0.15, 0.2) is 0 Å². The number of carboxylic acid groups (broad SMARTS) is 1. The van der Waals surface area contributed by atoms with Crippen LogP contribution in [0.1, 0.15) is 35.0 Å². The van der Waals surface area contributed by atoms with Crippen molar-refractivity contribution in [1.82, 2.24) is 4.98 Å². The highest BCUT2D eigenvalue weighted by atomic mass is 35.5. The van der Waals surface area contributed by atoms with E-state index in [0.717, 1.165) is 25.0 Å². The molecule has 0 unspecified atom stereocenters. The van der Waals surface area contributed by atoms with Crippen molar-refractivity contribution in [1.29, 1.82) is 0 Å². The summed E-state index contributed by atoms with van der Waals surface area (Å²) in [5.74, 6) is -3.49. The lowest BCUT2D eigenvalue weighted by Gasteiger charge is -2.00. The molecule has 7 heteroatoms. The number of carboxylic acids is 1. The van der Waals surface area contributed by atoms with Crippen LogP contribution in [-0.2, 0) is 0 Å². The van der Waals surface area contributed by atoms with Crippen LogP contribution in [0.15, 0.2) is 16.5 Å². The number of oxazole rings is 1. The zero-order valence-electron chi connectivity index (χ0n) is 9.99. The molecule has 0 atom stereocenters. The molecule has 0 bridgehead atoms. The molecule has 1 aromatic heterocycles. The fourth-order valence-electron chi connectivity index (χ4n) is 1.92. The molecule has 1 heterocycles. The number of aromatic carboxylic acids is 1. The highest BCUT2D eigenvalue weighted by Gasteiger charge is 2.34. The molecule has 3 rings (SSSR count). The molecule has 1 saturated carbocycles. The second-order valence-electron chi connectivity index (χ2n) is 4.56. The van der Waals surface area contributed by atoms with Gasteiger partial charge in [0.1, 0.15) is 11.6 Å². The van der Waals surface area contributed by atoms with Crippen LogP contribution in [0.4, 0.5) is 8.78 Å². The fourth-order valence-corrected chi connectivity index (χ4v) is 2.07. The number of carbonyl (C=O) groups is 1. The van der Waals surface area contributed by atoms with Crippen LogP contribution < -0.4 is 0 Å². The average Bonchev–Trinajstić information content (AvgIpc) is 3.13. The minimum absolute atomic E-state index is 0.0128. The molecule has 4 nitrogen and oxygen atoms in total. The van der Waals surface area contributed by atoms with Crippen LogP contribution in [0.25, 0.3) is 11.5 Å². The molecule has 1 aromatic carbocycles. The van der Waals surface area contributed by atoms with E-state index in [0.29, 0.717) is 0 Å². The minimum atomic E-state index is -1.28. The van der Waals surface area contributed by atoms with Gasteiger partial charge in [0, 0.05) is 5.92 Å². The number of aromatic nitrogens is 1. The van der Waals surface area contributed by atoms with Crippen molar-refractivity contribution in [3.05, 3.63) is 40.2 Å². The van der Waals surface area contributed by atoms with Gasteiger partial charge in [-0.2, -0.15) is 0 Å². The molecule has 20 heavy (non-hydrogen) atoms. The summed E-state index contributed by atoms with van der Waals surface area (Å²) in [7, 11) is 0. The largest absolute Gasteiger partial charge is 0.475 e. The Morgan fingerprint density at radius 3 is 2.65 bits per heavy atom. The van der Waals surface area contributed by atoms with Gasteiger partial charge in [0.2, 0.25) is 11.7 Å². The predicted octanol–water partition coefficient (Wildman–Crippen LogP) is 3.85. The minimum Gasteiger partial charge on any atom is -0.475 e. The Bertz CT molecular complexity index is 710. The summed E-state index contributed by atoms with van der Waals surface area (Å²) in [6.45, 7) is 0. The van der Waals surface area contributed by atoms with E-state index in [1.807, 2.05) is 0 Å². The van der Waals surface area contributed by atoms with Gasteiger partial charge in [-0.3, -0.25) is 0 Å². The molecule has 1 fully saturated rings. The van der Waals surface area contributed by atoms with Crippen molar-refractivity contribution in [2.75, 3.05) is 0 Å². The topological polar surface area (TPSA) is 63.3 Å². The van der Waals surface area contributed by atoms with E-state index >= 15 is 0 Å². The monoisotopic (exact) mass is 299 g/mol. The molecule has 0 saturated heterocycles. The van der Waals surface area contributed by atoms with Gasteiger partial charge in [0.25, 0.3) is 0 Å². The molecule has 1 aliphatic carbocycles. The smallest absolute Gasteiger partial charge is 0.373 e. The number of hydrogen-bond donors (Lipinski definition) is 1. The molecule has 0 amide bonds. The van der Waals surface area contributed by atoms with Crippen molar-refractivity contribution < 1.29 is 23.1 Å². The van der Waals surface area contributed by atoms with Crippen LogP contribution in [0, 0.1) is 11.6 Å². The number of nitrogens with zero attached hydrogens (tertiary/aromatic N) is 1. The lowest BCUT2D eigenvalue weighted by atomic mass is 10.2. The normalized spacial score (nSPS) is 14.6. The third-order valence-corrected chi connectivity index (χ3v) is 3.34. The number of benzene rings is 1. The molecule has 0 radical (unpaired) electrons. The summed E-state index contributed by atoms with van der Waals surface area (Å²) < 4.78 is 32.3. The van der Waals surface area contributed by atoms with Gasteiger partial charge >= 0.3 is 5.97 Å². The highest BCUT2D eigenvalue weighted by molar-refractivity contribution is 6.30. The van der Waals surface area contributed by atoms with E-state index in [-0.39, 0.29) is 33.8 Å². The van der Waals surface area contributed by atoms with Crippen LogP contribution in [0.5, 0.6) is 0 Å². The predicted molar refractivity (Wildman–Crippen MR) is 65.8 cm³/mol. The van der Waals surface area contributed by atoms with Crippen LogP contribution in [-0.4, -0.2) is 16.1 Å². The van der Waals surface area contributed by atoms with E-state index < -0.39 is 17.6 Å². The van der Waals surface area contributed by atoms with E-state index in [2.05, 4.69) is 4.98 Å².